The maximum atomic E-state index is 12.4. The molecule has 152 valence electrons. The fraction of sp³-hybridized carbons (Fsp3) is 0.160. The molecule has 3 aromatic rings. The van der Waals surface area contributed by atoms with Crippen LogP contribution in [-0.2, 0) is 4.79 Å². The third-order valence-electron chi connectivity index (χ3n) is 4.64. The number of benzene rings is 3. The molecule has 3 aromatic carbocycles. The average molecular weight is 401 g/mol. The van der Waals surface area contributed by atoms with Crippen LogP contribution in [0.15, 0.2) is 72.8 Å². The van der Waals surface area contributed by atoms with Gasteiger partial charge in [-0.25, -0.2) is 0 Å². The van der Waals surface area contributed by atoms with Crippen molar-refractivity contribution in [1.29, 1.82) is 0 Å². The Kier molecular flexibility index (Phi) is 5.99. The van der Waals surface area contributed by atoms with Crippen LogP contribution in [0.25, 0.3) is 11.6 Å². The van der Waals surface area contributed by atoms with Crippen LogP contribution in [0.5, 0.6) is 17.2 Å². The molecule has 0 atom stereocenters. The van der Waals surface area contributed by atoms with E-state index in [1.165, 1.54) is 0 Å². The highest BCUT2D eigenvalue weighted by atomic mass is 16.5. The van der Waals surface area contributed by atoms with Gasteiger partial charge < -0.3 is 19.5 Å². The fourth-order valence-electron chi connectivity index (χ4n) is 3.28. The molecule has 5 heteroatoms. The van der Waals surface area contributed by atoms with Crippen molar-refractivity contribution in [2.45, 2.75) is 6.92 Å². The lowest BCUT2D eigenvalue weighted by molar-refractivity contribution is -0.110. The van der Waals surface area contributed by atoms with Crippen molar-refractivity contribution in [2.75, 3.05) is 25.1 Å². The van der Waals surface area contributed by atoms with E-state index in [1.807, 2.05) is 85.8 Å². The van der Waals surface area contributed by atoms with Gasteiger partial charge in [-0.3, -0.25) is 4.79 Å². The Hall–Kier alpha value is -3.73. The number of anilines is 1. The molecule has 1 amide bonds. The molecule has 1 aliphatic heterocycles. The second kappa shape index (κ2) is 9.18. The lowest BCUT2D eigenvalue weighted by Crippen LogP contribution is -2.10. The highest BCUT2D eigenvalue weighted by Gasteiger charge is 2.23. The minimum Gasteiger partial charge on any atom is -0.490 e. The zero-order valence-electron chi connectivity index (χ0n) is 16.8. The molecule has 0 unspecified atom stereocenters. The Morgan fingerprint density at radius 3 is 2.43 bits per heavy atom. The van der Waals surface area contributed by atoms with E-state index in [1.54, 1.807) is 0 Å². The van der Waals surface area contributed by atoms with Crippen LogP contribution in [0, 0.1) is 0 Å². The number of hydrogen-bond acceptors (Lipinski definition) is 4. The van der Waals surface area contributed by atoms with Crippen LogP contribution in [0.3, 0.4) is 0 Å². The van der Waals surface area contributed by atoms with Crippen molar-refractivity contribution in [2.24, 2.45) is 0 Å². The molecule has 0 saturated heterocycles. The number of carbonyl (C=O) groups is 1. The summed E-state index contributed by atoms with van der Waals surface area (Å²) in [6.07, 6.45) is 1.87. The summed E-state index contributed by atoms with van der Waals surface area (Å²) in [5.74, 6) is 1.99. The molecule has 1 heterocycles. The second-order valence-electron chi connectivity index (χ2n) is 6.71. The Bertz CT molecular complexity index is 1060. The van der Waals surface area contributed by atoms with E-state index >= 15 is 0 Å². The van der Waals surface area contributed by atoms with Crippen LogP contribution in [0.2, 0.25) is 0 Å². The third kappa shape index (κ3) is 4.46. The third-order valence-corrected chi connectivity index (χ3v) is 4.64. The first kappa shape index (κ1) is 19.6. The van der Waals surface area contributed by atoms with Gasteiger partial charge in [0, 0.05) is 16.8 Å². The molecule has 4 rings (SSSR count). The van der Waals surface area contributed by atoms with Crippen molar-refractivity contribution >= 4 is 23.2 Å². The van der Waals surface area contributed by atoms with Crippen LogP contribution in [0.4, 0.5) is 5.69 Å². The molecular weight excluding hydrogens is 378 g/mol. The van der Waals surface area contributed by atoms with Crippen LogP contribution in [0.1, 0.15) is 18.1 Å². The number of nitrogens with one attached hydrogen (secondary N) is 1. The number of hydrogen-bond donors (Lipinski definition) is 1. The zero-order chi connectivity index (χ0) is 20.8. The molecule has 30 heavy (non-hydrogen) atoms. The first-order valence-electron chi connectivity index (χ1n) is 9.94. The molecule has 0 radical (unpaired) electrons. The SMILES string of the molecule is CCOc1cc(/C=C2/C(=O)Nc3ccccc32)ccc1OCCOc1ccccc1. The van der Waals surface area contributed by atoms with Gasteiger partial charge in [-0.1, -0.05) is 42.5 Å². The molecular formula is C25H23NO4. The van der Waals surface area contributed by atoms with Gasteiger partial charge in [-0.15, -0.1) is 0 Å². The number of ether oxygens (including phenoxy) is 3. The van der Waals surface area contributed by atoms with Gasteiger partial charge in [0.15, 0.2) is 11.5 Å². The molecule has 0 bridgehead atoms. The number of carbonyl (C=O) groups excluding carboxylic acids is 1. The van der Waals surface area contributed by atoms with E-state index in [2.05, 4.69) is 5.32 Å². The maximum Gasteiger partial charge on any atom is 0.256 e. The zero-order valence-corrected chi connectivity index (χ0v) is 16.8. The van der Waals surface area contributed by atoms with Gasteiger partial charge >= 0.3 is 0 Å². The normalized spacial score (nSPS) is 13.6. The predicted octanol–water partition coefficient (Wildman–Crippen LogP) is 5.04. The van der Waals surface area contributed by atoms with E-state index < -0.39 is 0 Å². The molecule has 0 fully saturated rings. The monoisotopic (exact) mass is 401 g/mol. The van der Waals surface area contributed by atoms with Gasteiger partial charge in [-0.2, -0.15) is 0 Å². The number of para-hydroxylation sites is 2. The standard InChI is InChI=1S/C25H23NO4/c1-2-28-24-17-18(16-21-20-10-6-7-11-22(20)26-25(21)27)12-13-23(24)30-15-14-29-19-8-4-3-5-9-19/h3-13,16-17H,2,14-15H2,1H3,(H,26,27)/b21-16+. The molecule has 0 aromatic heterocycles. The first-order chi connectivity index (χ1) is 14.7. The van der Waals surface area contributed by atoms with Gasteiger partial charge in [0.2, 0.25) is 0 Å². The average Bonchev–Trinajstić information content (AvgIpc) is 3.08. The summed E-state index contributed by atoms with van der Waals surface area (Å²) in [7, 11) is 0. The summed E-state index contributed by atoms with van der Waals surface area (Å²) in [6, 6.07) is 22.9. The summed E-state index contributed by atoms with van der Waals surface area (Å²) in [6.45, 7) is 3.26. The van der Waals surface area contributed by atoms with Crippen LogP contribution in [-0.4, -0.2) is 25.7 Å². The molecule has 0 saturated carbocycles. The van der Waals surface area contributed by atoms with Crippen molar-refractivity contribution in [3.63, 3.8) is 0 Å². The quantitative estimate of drug-likeness (QED) is 0.425. The smallest absolute Gasteiger partial charge is 0.256 e. The largest absolute Gasteiger partial charge is 0.490 e. The van der Waals surface area contributed by atoms with Crippen molar-refractivity contribution in [3.05, 3.63) is 83.9 Å². The molecule has 1 aliphatic rings. The van der Waals surface area contributed by atoms with E-state index in [4.69, 9.17) is 14.2 Å². The number of fused-ring (bicyclic) bond motifs is 1. The Labute approximate surface area is 175 Å². The first-order valence-corrected chi connectivity index (χ1v) is 9.94. The molecule has 0 aliphatic carbocycles. The van der Waals surface area contributed by atoms with E-state index in [9.17, 15) is 4.79 Å². The summed E-state index contributed by atoms with van der Waals surface area (Å²) in [5, 5.41) is 2.89. The Morgan fingerprint density at radius 2 is 1.60 bits per heavy atom. The minimum absolute atomic E-state index is 0.104. The summed E-state index contributed by atoms with van der Waals surface area (Å²) in [5.41, 5.74) is 3.24. The van der Waals surface area contributed by atoms with Crippen LogP contribution < -0.4 is 19.5 Å². The summed E-state index contributed by atoms with van der Waals surface area (Å²) >= 11 is 0. The number of rotatable bonds is 8. The molecule has 1 N–H and O–H groups in total. The lowest BCUT2D eigenvalue weighted by Gasteiger charge is -2.13. The molecule has 0 spiro atoms. The lowest BCUT2D eigenvalue weighted by atomic mass is 10.0. The van der Waals surface area contributed by atoms with E-state index in [0.717, 1.165) is 22.6 Å². The Morgan fingerprint density at radius 1 is 0.833 bits per heavy atom. The van der Waals surface area contributed by atoms with Gasteiger partial charge in [0.25, 0.3) is 5.91 Å². The topological polar surface area (TPSA) is 56.8 Å². The minimum atomic E-state index is -0.104. The van der Waals surface area contributed by atoms with Crippen molar-refractivity contribution in [3.8, 4) is 17.2 Å². The van der Waals surface area contributed by atoms with Gasteiger partial charge in [0.1, 0.15) is 19.0 Å². The summed E-state index contributed by atoms with van der Waals surface area (Å²) < 4.78 is 17.3. The molecule has 5 nitrogen and oxygen atoms in total. The highest BCUT2D eigenvalue weighted by molar-refractivity contribution is 6.34. The van der Waals surface area contributed by atoms with Crippen molar-refractivity contribution in [1.82, 2.24) is 0 Å². The van der Waals surface area contributed by atoms with E-state index in [-0.39, 0.29) is 5.91 Å². The van der Waals surface area contributed by atoms with Gasteiger partial charge in [0.05, 0.1) is 6.61 Å². The number of amides is 1. The van der Waals surface area contributed by atoms with E-state index in [0.29, 0.717) is 36.9 Å². The van der Waals surface area contributed by atoms with Crippen molar-refractivity contribution < 1.29 is 19.0 Å². The fourth-order valence-corrected chi connectivity index (χ4v) is 3.28. The Balaban J connectivity index is 1.47. The van der Waals surface area contributed by atoms with Gasteiger partial charge in [-0.05, 0) is 48.9 Å². The second-order valence-corrected chi connectivity index (χ2v) is 6.71. The summed E-state index contributed by atoms with van der Waals surface area (Å²) in [4.78, 5) is 12.4. The predicted molar refractivity (Wildman–Crippen MR) is 118 cm³/mol. The maximum absolute atomic E-state index is 12.4. The van der Waals surface area contributed by atoms with Crippen LogP contribution >= 0.6 is 0 Å². The highest BCUT2D eigenvalue weighted by Crippen LogP contribution is 2.35.